The van der Waals surface area contributed by atoms with Gasteiger partial charge < -0.3 is 48.3 Å². The molecule has 0 saturated heterocycles. The molecule has 13 heteroatoms. The largest absolute Gasteiger partial charge is 0.480 e. The molecular weight excluding hydrogens is 424 g/mol. The summed E-state index contributed by atoms with van der Waals surface area (Å²) >= 11 is 0. The van der Waals surface area contributed by atoms with E-state index in [9.17, 15) is 14.4 Å². The minimum atomic E-state index is -1.00. The molecular formula is C19H42N6O7. The first kappa shape index (κ1) is 34.1. The molecule has 3 unspecified atom stereocenters. The van der Waals surface area contributed by atoms with Crippen molar-refractivity contribution in [1.82, 2.24) is 10.6 Å². The molecule has 0 heterocycles. The Morgan fingerprint density at radius 1 is 0.938 bits per heavy atom. The minimum Gasteiger partial charge on any atom is -0.480 e. The fourth-order valence-electron chi connectivity index (χ4n) is 2.04. The second-order valence-electron chi connectivity index (χ2n) is 7.36. The first-order valence-electron chi connectivity index (χ1n) is 10.4. The summed E-state index contributed by atoms with van der Waals surface area (Å²) in [5.41, 5.74) is 15.4. The van der Waals surface area contributed by atoms with E-state index in [0.29, 0.717) is 38.3 Å². The number of rotatable bonds is 14. The van der Waals surface area contributed by atoms with Crippen LogP contribution in [0.3, 0.4) is 0 Å². The molecule has 13 N–H and O–H groups in total. The quantitative estimate of drug-likeness (QED) is 0.0833. The third-order valence-corrected chi connectivity index (χ3v) is 3.72. The normalized spacial score (nSPS) is 12.8. The van der Waals surface area contributed by atoms with E-state index < -0.39 is 36.0 Å². The molecule has 0 aliphatic rings. The highest BCUT2D eigenvalue weighted by Gasteiger charge is 2.14. The van der Waals surface area contributed by atoms with Gasteiger partial charge in [-0.25, -0.2) is 0 Å². The van der Waals surface area contributed by atoms with Crippen LogP contribution in [0.25, 0.3) is 0 Å². The lowest BCUT2D eigenvalue weighted by Gasteiger charge is -2.11. The molecule has 0 fully saturated rings. The first-order valence-corrected chi connectivity index (χ1v) is 10.4. The van der Waals surface area contributed by atoms with Gasteiger partial charge in [0.05, 0.1) is 0 Å². The van der Waals surface area contributed by atoms with Gasteiger partial charge in [-0.15, -0.1) is 0 Å². The van der Waals surface area contributed by atoms with Crippen LogP contribution < -0.4 is 27.8 Å². The molecule has 0 bridgehead atoms. The van der Waals surface area contributed by atoms with Crippen LogP contribution in [-0.2, 0) is 14.4 Å². The third kappa shape index (κ3) is 25.6. The maximum absolute atomic E-state index is 10.4. The Morgan fingerprint density at radius 3 is 1.78 bits per heavy atom. The lowest BCUT2D eigenvalue weighted by molar-refractivity contribution is -0.140. The summed E-state index contributed by atoms with van der Waals surface area (Å²) in [6, 6.07) is -2.11. The zero-order valence-corrected chi connectivity index (χ0v) is 19.2. The SMILES string of the molecule is CC(C)CC(N)C(=O)O.CCCNC(CCO)C(=O)O.N=C(N)NCCCC(N)C(=O)O. The highest BCUT2D eigenvalue weighted by Crippen LogP contribution is 2.01. The lowest BCUT2D eigenvalue weighted by Crippen LogP contribution is -2.37. The van der Waals surface area contributed by atoms with Crippen molar-refractivity contribution in [1.29, 1.82) is 5.41 Å². The molecule has 0 aromatic rings. The van der Waals surface area contributed by atoms with E-state index >= 15 is 0 Å². The van der Waals surface area contributed by atoms with E-state index in [1.165, 1.54) is 0 Å². The van der Waals surface area contributed by atoms with Gasteiger partial charge in [-0.05, 0) is 44.6 Å². The Bertz CT molecular complexity index is 534. The maximum atomic E-state index is 10.4. The van der Waals surface area contributed by atoms with Gasteiger partial charge in [0.15, 0.2) is 5.96 Å². The number of aliphatic carboxylic acids is 3. The average Bonchev–Trinajstić information content (AvgIpc) is 2.68. The molecule has 0 rings (SSSR count). The van der Waals surface area contributed by atoms with Crippen molar-refractivity contribution in [2.45, 2.75) is 71.0 Å². The van der Waals surface area contributed by atoms with E-state index in [2.05, 4.69) is 10.6 Å². The predicted octanol–water partition coefficient (Wildman–Crippen LogP) is -1.07. The molecule has 32 heavy (non-hydrogen) atoms. The van der Waals surface area contributed by atoms with Gasteiger partial charge in [0.2, 0.25) is 0 Å². The number of carbonyl (C=O) groups is 3. The zero-order valence-electron chi connectivity index (χ0n) is 19.2. The van der Waals surface area contributed by atoms with Crippen LogP contribution in [0.1, 0.15) is 52.9 Å². The fourth-order valence-corrected chi connectivity index (χ4v) is 2.04. The Morgan fingerprint density at radius 2 is 1.47 bits per heavy atom. The van der Waals surface area contributed by atoms with Crippen molar-refractivity contribution >= 4 is 23.9 Å². The topological polar surface area (TPSA) is 258 Å². The highest BCUT2D eigenvalue weighted by atomic mass is 16.4. The number of guanidine groups is 1. The number of carboxylic acids is 3. The molecule has 0 aliphatic heterocycles. The number of hydrogen-bond acceptors (Lipinski definition) is 8. The Labute approximate surface area is 189 Å². The molecule has 3 atom stereocenters. The fraction of sp³-hybridized carbons (Fsp3) is 0.789. The monoisotopic (exact) mass is 466 g/mol. The van der Waals surface area contributed by atoms with Crippen LogP contribution >= 0.6 is 0 Å². The van der Waals surface area contributed by atoms with E-state index in [1.807, 2.05) is 20.8 Å². The molecule has 0 aromatic carbocycles. The van der Waals surface area contributed by atoms with Gasteiger partial charge in [0, 0.05) is 13.2 Å². The number of aliphatic hydroxyl groups excluding tert-OH is 1. The lowest BCUT2D eigenvalue weighted by atomic mass is 10.1. The summed E-state index contributed by atoms with van der Waals surface area (Å²) < 4.78 is 0. The molecule has 0 aliphatic carbocycles. The van der Waals surface area contributed by atoms with Crippen molar-refractivity contribution in [3.8, 4) is 0 Å². The summed E-state index contributed by atoms with van der Waals surface area (Å²) in [5, 5.41) is 45.9. The Balaban J connectivity index is -0.000000398. The molecule has 190 valence electrons. The second kappa shape index (κ2) is 21.7. The predicted molar refractivity (Wildman–Crippen MR) is 121 cm³/mol. The zero-order chi connectivity index (χ0) is 25.7. The molecule has 13 nitrogen and oxygen atoms in total. The van der Waals surface area contributed by atoms with Gasteiger partial charge in [-0.3, -0.25) is 19.8 Å². The summed E-state index contributed by atoms with van der Waals surface area (Å²) in [7, 11) is 0. The van der Waals surface area contributed by atoms with Crippen LogP contribution in [0, 0.1) is 11.3 Å². The standard InChI is InChI=1S/C7H15NO3.C6H14N4O2.C6H13NO2/c1-2-4-8-6(3-5-9)7(10)11;7-4(5(11)12)2-1-3-10-6(8)9;1-4(2)3-5(7)6(8)9/h6,8-9H,2-5H2,1H3,(H,10,11);4H,1-3,7H2,(H,11,12)(H4,8,9,10);4-5H,3,7H2,1-2H3,(H,8,9). The second-order valence-corrected chi connectivity index (χ2v) is 7.36. The van der Waals surface area contributed by atoms with E-state index in [0.717, 1.165) is 6.42 Å². The molecule has 0 spiro atoms. The van der Waals surface area contributed by atoms with Crippen LogP contribution in [0.5, 0.6) is 0 Å². The van der Waals surface area contributed by atoms with Crippen molar-refractivity contribution in [2.75, 3.05) is 19.7 Å². The molecule has 0 amide bonds. The van der Waals surface area contributed by atoms with Crippen molar-refractivity contribution in [2.24, 2.45) is 23.1 Å². The smallest absolute Gasteiger partial charge is 0.320 e. The van der Waals surface area contributed by atoms with Gasteiger partial charge in [0.1, 0.15) is 18.1 Å². The molecule has 0 aromatic heterocycles. The van der Waals surface area contributed by atoms with Crippen LogP contribution in [0.4, 0.5) is 0 Å². The van der Waals surface area contributed by atoms with Gasteiger partial charge >= 0.3 is 17.9 Å². The highest BCUT2D eigenvalue weighted by molar-refractivity contribution is 5.74. The number of aliphatic hydroxyl groups is 1. The Kier molecular flexibility index (Phi) is 23.2. The Hall–Kier alpha value is -2.48. The van der Waals surface area contributed by atoms with Crippen molar-refractivity contribution in [3.63, 3.8) is 0 Å². The van der Waals surface area contributed by atoms with Crippen LogP contribution in [-0.4, -0.2) is 82.1 Å². The van der Waals surface area contributed by atoms with E-state index in [1.54, 1.807) is 0 Å². The summed E-state index contributed by atoms with van der Waals surface area (Å²) in [4.78, 5) is 30.7. The molecule has 0 saturated carbocycles. The van der Waals surface area contributed by atoms with Crippen LogP contribution in [0.15, 0.2) is 0 Å². The van der Waals surface area contributed by atoms with E-state index in [4.69, 9.17) is 43.0 Å². The van der Waals surface area contributed by atoms with Gasteiger partial charge in [0.25, 0.3) is 0 Å². The van der Waals surface area contributed by atoms with E-state index in [-0.39, 0.29) is 19.0 Å². The summed E-state index contributed by atoms with van der Waals surface area (Å²) in [6.07, 6.45) is 2.70. The third-order valence-electron chi connectivity index (χ3n) is 3.72. The van der Waals surface area contributed by atoms with Gasteiger partial charge in [-0.1, -0.05) is 20.8 Å². The minimum absolute atomic E-state index is 0.0896. The first-order chi connectivity index (χ1) is 14.8. The number of nitrogens with one attached hydrogen (secondary N) is 3. The van der Waals surface area contributed by atoms with Gasteiger partial charge in [-0.2, -0.15) is 0 Å². The summed E-state index contributed by atoms with van der Waals surface area (Å²) in [5.74, 6) is -2.57. The average molecular weight is 467 g/mol. The number of nitrogens with two attached hydrogens (primary N) is 3. The van der Waals surface area contributed by atoms with Crippen molar-refractivity contribution < 1.29 is 34.8 Å². The van der Waals surface area contributed by atoms with Crippen molar-refractivity contribution in [3.05, 3.63) is 0 Å². The van der Waals surface area contributed by atoms with Crippen LogP contribution in [0.2, 0.25) is 0 Å². The molecule has 0 radical (unpaired) electrons. The maximum Gasteiger partial charge on any atom is 0.320 e. The number of hydrogen-bond donors (Lipinski definition) is 10. The number of carboxylic acid groups (broad SMARTS) is 3. The summed E-state index contributed by atoms with van der Waals surface area (Å²) in [6.45, 7) is 6.93.